The predicted molar refractivity (Wildman–Crippen MR) is 79.5 cm³/mol. The first-order valence-corrected chi connectivity index (χ1v) is 6.13. The Labute approximate surface area is 121 Å². The van der Waals surface area contributed by atoms with E-state index in [1.807, 2.05) is 0 Å². The Morgan fingerprint density at radius 3 is 2.05 bits per heavy atom. The second-order valence-electron chi connectivity index (χ2n) is 4.19. The maximum absolute atomic E-state index is 11.7. The summed E-state index contributed by atoms with van der Waals surface area (Å²) in [6.45, 7) is 0. The minimum Gasteiger partial charge on any atom is -0.355 e. The number of hydrazine groups is 2. The summed E-state index contributed by atoms with van der Waals surface area (Å²) in [6.07, 6.45) is 0. The number of para-hydroxylation sites is 1. The van der Waals surface area contributed by atoms with Gasteiger partial charge in [-0.15, -0.1) is 0 Å². The van der Waals surface area contributed by atoms with E-state index in [9.17, 15) is 9.59 Å². The molecule has 0 aliphatic carbocycles. The fourth-order valence-electron chi connectivity index (χ4n) is 1.81. The SMILES string of the molecule is NNC(=O)c1ccc(Nc2ccccc2C(=O)NN)cc1. The van der Waals surface area contributed by atoms with E-state index in [1.54, 1.807) is 48.5 Å². The number of benzene rings is 2. The third-order valence-electron chi connectivity index (χ3n) is 2.86. The topological polar surface area (TPSA) is 122 Å². The van der Waals surface area contributed by atoms with Crippen molar-refractivity contribution in [2.75, 3.05) is 5.32 Å². The van der Waals surface area contributed by atoms with Crippen LogP contribution in [-0.4, -0.2) is 11.8 Å². The van der Waals surface area contributed by atoms with Crippen molar-refractivity contribution in [3.63, 3.8) is 0 Å². The van der Waals surface area contributed by atoms with Gasteiger partial charge in [-0.1, -0.05) is 12.1 Å². The molecular formula is C14H15N5O2. The van der Waals surface area contributed by atoms with Crippen molar-refractivity contribution in [3.8, 4) is 0 Å². The van der Waals surface area contributed by atoms with Gasteiger partial charge in [0.05, 0.1) is 11.3 Å². The van der Waals surface area contributed by atoms with Gasteiger partial charge >= 0.3 is 0 Å². The maximum Gasteiger partial charge on any atom is 0.267 e. The van der Waals surface area contributed by atoms with Crippen LogP contribution in [0.2, 0.25) is 0 Å². The molecule has 0 heterocycles. The van der Waals surface area contributed by atoms with Crippen molar-refractivity contribution < 1.29 is 9.59 Å². The lowest BCUT2D eigenvalue weighted by Gasteiger charge is -2.11. The highest BCUT2D eigenvalue weighted by molar-refractivity contribution is 6.00. The molecule has 0 atom stereocenters. The van der Waals surface area contributed by atoms with Gasteiger partial charge in [0.2, 0.25) is 0 Å². The molecule has 0 aromatic heterocycles. The number of anilines is 2. The Morgan fingerprint density at radius 1 is 0.810 bits per heavy atom. The molecule has 0 saturated heterocycles. The summed E-state index contributed by atoms with van der Waals surface area (Å²) in [5.41, 5.74) is 6.34. The van der Waals surface area contributed by atoms with Crippen LogP contribution in [0.3, 0.4) is 0 Å². The molecule has 0 bridgehead atoms. The monoisotopic (exact) mass is 285 g/mol. The van der Waals surface area contributed by atoms with Gasteiger partial charge < -0.3 is 5.32 Å². The molecule has 0 fully saturated rings. The number of amides is 2. The highest BCUT2D eigenvalue weighted by atomic mass is 16.2. The summed E-state index contributed by atoms with van der Waals surface area (Å²) in [4.78, 5) is 23.0. The highest BCUT2D eigenvalue weighted by Gasteiger charge is 2.09. The van der Waals surface area contributed by atoms with Gasteiger partial charge in [0.1, 0.15) is 0 Å². The van der Waals surface area contributed by atoms with Crippen LogP contribution in [0, 0.1) is 0 Å². The van der Waals surface area contributed by atoms with Crippen LogP contribution in [0.15, 0.2) is 48.5 Å². The average Bonchev–Trinajstić information content (AvgIpc) is 2.54. The second-order valence-corrected chi connectivity index (χ2v) is 4.19. The molecule has 0 unspecified atom stereocenters. The quantitative estimate of drug-likeness (QED) is 0.320. The van der Waals surface area contributed by atoms with Crippen molar-refractivity contribution in [2.24, 2.45) is 11.7 Å². The Hall–Kier alpha value is -2.90. The van der Waals surface area contributed by atoms with Gasteiger partial charge in [-0.3, -0.25) is 20.4 Å². The standard InChI is InChI=1S/C14H15N5O2/c15-18-13(20)9-5-7-10(8-6-9)17-12-4-2-1-3-11(12)14(21)19-16/h1-8,17H,15-16H2,(H,18,20)(H,19,21). The van der Waals surface area contributed by atoms with Crippen LogP contribution < -0.4 is 27.9 Å². The number of nitrogens with one attached hydrogen (secondary N) is 3. The number of carbonyl (C=O) groups excluding carboxylic acids is 2. The fraction of sp³-hybridized carbons (Fsp3) is 0. The molecule has 2 amide bonds. The third-order valence-corrected chi connectivity index (χ3v) is 2.86. The van der Waals surface area contributed by atoms with Crippen LogP contribution >= 0.6 is 0 Å². The molecule has 2 aromatic rings. The number of hydrogen-bond donors (Lipinski definition) is 5. The Kier molecular flexibility index (Phi) is 4.50. The van der Waals surface area contributed by atoms with Crippen molar-refractivity contribution in [1.82, 2.24) is 10.9 Å². The first-order valence-electron chi connectivity index (χ1n) is 6.13. The van der Waals surface area contributed by atoms with Gasteiger partial charge in [-0.05, 0) is 36.4 Å². The molecule has 0 aliphatic heterocycles. The zero-order chi connectivity index (χ0) is 15.2. The van der Waals surface area contributed by atoms with Crippen LogP contribution in [0.25, 0.3) is 0 Å². The minimum atomic E-state index is -0.391. The molecular weight excluding hydrogens is 270 g/mol. The van der Waals surface area contributed by atoms with E-state index in [4.69, 9.17) is 11.7 Å². The predicted octanol–water partition coefficient (Wildman–Crippen LogP) is 0.637. The zero-order valence-electron chi connectivity index (χ0n) is 11.1. The largest absolute Gasteiger partial charge is 0.355 e. The summed E-state index contributed by atoms with van der Waals surface area (Å²) in [7, 11) is 0. The zero-order valence-corrected chi connectivity index (χ0v) is 11.1. The average molecular weight is 285 g/mol. The van der Waals surface area contributed by atoms with Crippen LogP contribution in [0.1, 0.15) is 20.7 Å². The van der Waals surface area contributed by atoms with E-state index < -0.39 is 5.91 Å². The molecule has 108 valence electrons. The molecule has 21 heavy (non-hydrogen) atoms. The van der Waals surface area contributed by atoms with E-state index in [1.165, 1.54) is 0 Å². The number of carbonyl (C=O) groups is 2. The first kappa shape index (κ1) is 14.5. The van der Waals surface area contributed by atoms with E-state index >= 15 is 0 Å². The number of rotatable bonds is 4. The van der Waals surface area contributed by atoms with Crippen molar-refractivity contribution in [2.45, 2.75) is 0 Å². The maximum atomic E-state index is 11.7. The van der Waals surface area contributed by atoms with E-state index in [-0.39, 0.29) is 5.91 Å². The van der Waals surface area contributed by atoms with Crippen molar-refractivity contribution in [1.29, 1.82) is 0 Å². The van der Waals surface area contributed by atoms with Gasteiger partial charge in [0.15, 0.2) is 0 Å². The van der Waals surface area contributed by atoms with Gasteiger partial charge in [-0.2, -0.15) is 0 Å². The van der Waals surface area contributed by atoms with E-state index in [2.05, 4.69) is 16.2 Å². The second kappa shape index (κ2) is 6.51. The van der Waals surface area contributed by atoms with Gasteiger partial charge in [0, 0.05) is 11.3 Å². The van der Waals surface area contributed by atoms with Gasteiger partial charge in [0.25, 0.3) is 11.8 Å². The molecule has 7 N–H and O–H groups in total. The summed E-state index contributed by atoms with van der Waals surface area (Å²) in [5, 5.41) is 3.09. The lowest BCUT2D eigenvalue weighted by atomic mass is 10.1. The Balaban J connectivity index is 2.23. The molecule has 2 rings (SSSR count). The Morgan fingerprint density at radius 2 is 1.43 bits per heavy atom. The normalized spacial score (nSPS) is 9.81. The molecule has 7 heteroatoms. The third kappa shape index (κ3) is 3.35. The van der Waals surface area contributed by atoms with E-state index in [0.717, 1.165) is 5.69 Å². The van der Waals surface area contributed by atoms with Crippen molar-refractivity contribution >= 4 is 23.2 Å². The van der Waals surface area contributed by atoms with Crippen molar-refractivity contribution in [3.05, 3.63) is 59.7 Å². The van der Waals surface area contributed by atoms with Crippen LogP contribution in [0.4, 0.5) is 11.4 Å². The smallest absolute Gasteiger partial charge is 0.267 e. The fourth-order valence-corrected chi connectivity index (χ4v) is 1.81. The summed E-state index contributed by atoms with van der Waals surface area (Å²) in [5.74, 6) is 9.45. The molecule has 0 radical (unpaired) electrons. The van der Waals surface area contributed by atoms with Gasteiger partial charge in [-0.25, -0.2) is 11.7 Å². The number of hydrogen-bond acceptors (Lipinski definition) is 5. The molecule has 2 aromatic carbocycles. The van der Waals surface area contributed by atoms with Crippen LogP contribution in [-0.2, 0) is 0 Å². The van der Waals surface area contributed by atoms with Crippen LogP contribution in [0.5, 0.6) is 0 Å². The lowest BCUT2D eigenvalue weighted by Crippen LogP contribution is -2.30. The molecule has 7 nitrogen and oxygen atoms in total. The summed E-state index contributed by atoms with van der Waals surface area (Å²) >= 11 is 0. The lowest BCUT2D eigenvalue weighted by molar-refractivity contribution is 0.0946. The minimum absolute atomic E-state index is 0.371. The first-order chi connectivity index (χ1) is 10.2. The molecule has 0 spiro atoms. The summed E-state index contributed by atoms with van der Waals surface area (Å²) < 4.78 is 0. The number of nitrogens with two attached hydrogens (primary N) is 2. The molecule has 0 saturated carbocycles. The van der Waals surface area contributed by atoms with E-state index in [0.29, 0.717) is 16.8 Å². The summed E-state index contributed by atoms with van der Waals surface area (Å²) in [6, 6.07) is 13.6. The Bertz CT molecular complexity index is 655. The number of nitrogen functional groups attached to an aromatic ring is 2. The highest BCUT2D eigenvalue weighted by Crippen LogP contribution is 2.21. The molecule has 0 aliphatic rings.